The highest BCUT2D eigenvalue weighted by Gasteiger charge is 2.31. The molecule has 29 heavy (non-hydrogen) atoms. The molecule has 0 bridgehead atoms. The van der Waals surface area contributed by atoms with Gasteiger partial charge in [-0.15, -0.1) is 5.10 Å². The predicted octanol–water partition coefficient (Wildman–Crippen LogP) is 4.24. The zero-order valence-corrected chi connectivity index (χ0v) is 16.6. The number of nitrogens with two attached hydrogens (primary N) is 1. The number of hydrogen-bond acceptors (Lipinski definition) is 4. The number of nitrogens with one attached hydrogen (secondary N) is 1. The van der Waals surface area contributed by atoms with E-state index in [1.54, 1.807) is 0 Å². The van der Waals surface area contributed by atoms with Gasteiger partial charge in [0.15, 0.2) is 5.82 Å². The second kappa shape index (κ2) is 9.65. The van der Waals surface area contributed by atoms with Crippen LogP contribution < -0.4 is 11.1 Å². The Morgan fingerprint density at radius 3 is 2.66 bits per heavy atom. The number of unbranched alkanes of at least 4 members (excludes halogenated alkanes) is 3. The Bertz CT molecular complexity index is 918. The number of alkyl halides is 3. The highest BCUT2D eigenvalue weighted by atomic mass is 35.5. The molecule has 0 atom stereocenters. The summed E-state index contributed by atoms with van der Waals surface area (Å²) in [5.41, 5.74) is 5.09. The summed E-state index contributed by atoms with van der Waals surface area (Å²) in [7, 11) is 0. The lowest BCUT2D eigenvalue weighted by atomic mass is 10.1. The van der Waals surface area contributed by atoms with Crippen LogP contribution in [0.4, 0.5) is 19.0 Å². The number of nitrogens with zero attached hydrogens (tertiary/aromatic N) is 3. The lowest BCUT2D eigenvalue weighted by Crippen LogP contribution is -2.27. The number of carbonyl (C=O) groups is 1. The van der Waals surface area contributed by atoms with Crippen molar-refractivity contribution in [1.82, 2.24) is 15.1 Å². The third-order valence-electron chi connectivity index (χ3n) is 4.30. The van der Waals surface area contributed by atoms with E-state index >= 15 is 0 Å². The van der Waals surface area contributed by atoms with Crippen LogP contribution in [0.2, 0.25) is 5.02 Å². The Morgan fingerprint density at radius 1 is 1.34 bits per heavy atom. The molecule has 0 aliphatic heterocycles. The SMILES string of the molecule is CCCCCCNC(=O)Cc1c(C#N)c(N)nn1-c1ccc(C(F)(F)F)cc1Cl. The van der Waals surface area contributed by atoms with Crippen LogP contribution in [0.1, 0.15) is 49.4 Å². The number of carbonyl (C=O) groups excluding carboxylic acids is 1. The van der Waals surface area contributed by atoms with Gasteiger partial charge in [-0.05, 0) is 24.6 Å². The number of nitriles is 1. The molecule has 0 fully saturated rings. The van der Waals surface area contributed by atoms with Gasteiger partial charge in [0.05, 0.1) is 28.4 Å². The third-order valence-corrected chi connectivity index (χ3v) is 4.61. The summed E-state index contributed by atoms with van der Waals surface area (Å²) >= 11 is 6.03. The minimum Gasteiger partial charge on any atom is -0.381 e. The molecule has 1 amide bonds. The van der Waals surface area contributed by atoms with Gasteiger partial charge in [-0.2, -0.15) is 18.4 Å². The molecule has 156 valence electrons. The normalized spacial score (nSPS) is 11.3. The van der Waals surface area contributed by atoms with Crippen LogP contribution >= 0.6 is 11.6 Å². The predicted molar refractivity (Wildman–Crippen MR) is 104 cm³/mol. The molecule has 6 nitrogen and oxygen atoms in total. The van der Waals surface area contributed by atoms with Gasteiger partial charge < -0.3 is 11.1 Å². The van der Waals surface area contributed by atoms with Crippen molar-refractivity contribution >= 4 is 23.3 Å². The molecule has 2 rings (SSSR count). The largest absolute Gasteiger partial charge is 0.416 e. The van der Waals surface area contributed by atoms with Gasteiger partial charge in [0.2, 0.25) is 5.91 Å². The Labute approximate surface area is 171 Å². The van der Waals surface area contributed by atoms with Crippen LogP contribution in [0.25, 0.3) is 5.69 Å². The molecular formula is C19H21ClF3N5O. The molecule has 0 saturated carbocycles. The fourth-order valence-corrected chi connectivity index (χ4v) is 3.07. The number of halogens is 4. The van der Waals surface area contributed by atoms with Gasteiger partial charge in [-0.3, -0.25) is 4.79 Å². The summed E-state index contributed by atoms with van der Waals surface area (Å²) < 4.78 is 39.8. The Morgan fingerprint density at radius 2 is 2.07 bits per heavy atom. The van der Waals surface area contributed by atoms with Crippen LogP contribution in [0, 0.1) is 11.3 Å². The van der Waals surface area contributed by atoms with Crippen molar-refractivity contribution in [1.29, 1.82) is 5.26 Å². The summed E-state index contributed by atoms with van der Waals surface area (Å²) in [5.74, 6) is -0.476. The summed E-state index contributed by atoms with van der Waals surface area (Å²) in [5, 5.41) is 15.9. The molecule has 1 aromatic carbocycles. The van der Waals surface area contributed by atoms with E-state index in [-0.39, 0.29) is 40.1 Å². The van der Waals surface area contributed by atoms with Crippen molar-refractivity contribution in [3.8, 4) is 11.8 Å². The van der Waals surface area contributed by atoms with Crippen molar-refractivity contribution in [2.75, 3.05) is 12.3 Å². The maximum absolute atomic E-state index is 12.9. The zero-order chi connectivity index (χ0) is 21.6. The number of anilines is 1. The van der Waals surface area contributed by atoms with Gasteiger partial charge in [-0.25, -0.2) is 4.68 Å². The second-order valence-corrected chi connectivity index (χ2v) is 6.89. The van der Waals surface area contributed by atoms with Gasteiger partial charge in [-0.1, -0.05) is 37.8 Å². The molecular weight excluding hydrogens is 407 g/mol. The summed E-state index contributed by atoms with van der Waals surface area (Å²) in [6.45, 7) is 2.57. The van der Waals surface area contributed by atoms with E-state index in [1.807, 2.05) is 6.07 Å². The van der Waals surface area contributed by atoms with Gasteiger partial charge >= 0.3 is 6.18 Å². The lowest BCUT2D eigenvalue weighted by molar-refractivity contribution is -0.137. The summed E-state index contributed by atoms with van der Waals surface area (Å²) in [6.07, 6.45) is -0.791. The summed E-state index contributed by atoms with van der Waals surface area (Å²) in [4.78, 5) is 12.3. The molecule has 0 unspecified atom stereocenters. The van der Waals surface area contributed by atoms with Crippen LogP contribution in [0.3, 0.4) is 0 Å². The molecule has 1 heterocycles. The molecule has 0 aliphatic rings. The highest BCUT2D eigenvalue weighted by Crippen LogP contribution is 2.34. The zero-order valence-electron chi connectivity index (χ0n) is 15.8. The van der Waals surface area contributed by atoms with Crippen molar-refractivity contribution < 1.29 is 18.0 Å². The molecule has 0 aliphatic carbocycles. The third kappa shape index (κ3) is 5.64. The first-order valence-electron chi connectivity index (χ1n) is 9.10. The monoisotopic (exact) mass is 427 g/mol. The maximum Gasteiger partial charge on any atom is 0.416 e. The number of rotatable bonds is 8. The van der Waals surface area contributed by atoms with Crippen LogP contribution in [0.5, 0.6) is 0 Å². The van der Waals surface area contributed by atoms with Gasteiger partial charge in [0, 0.05) is 6.54 Å². The first kappa shape index (κ1) is 22.6. The number of amides is 1. The van der Waals surface area contributed by atoms with E-state index in [1.165, 1.54) is 0 Å². The molecule has 0 radical (unpaired) electrons. The minimum absolute atomic E-state index is 0.0119. The van der Waals surface area contributed by atoms with Gasteiger partial charge in [0.25, 0.3) is 0 Å². The number of hydrogen-bond donors (Lipinski definition) is 2. The smallest absolute Gasteiger partial charge is 0.381 e. The molecule has 0 spiro atoms. The first-order valence-corrected chi connectivity index (χ1v) is 9.48. The van der Waals surface area contributed by atoms with E-state index in [2.05, 4.69) is 17.3 Å². The second-order valence-electron chi connectivity index (χ2n) is 6.48. The molecule has 2 aromatic rings. The van der Waals surface area contributed by atoms with E-state index in [9.17, 15) is 23.2 Å². The fraction of sp³-hybridized carbons (Fsp3) is 0.421. The Kier molecular flexibility index (Phi) is 7.51. The maximum atomic E-state index is 12.9. The topological polar surface area (TPSA) is 96.7 Å². The standard InChI is InChI=1S/C19H21ClF3N5O/c1-2-3-4-5-8-26-17(29)10-16-13(11-24)18(25)27-28(16)15-7-6-12(9-14(15)20)19(21,22)23/h6-7,9H,2-5,8,10H2,1H3,(H2,25,27)(H,26,29). The molecule has 10 heteroatoms. The van der Waals surface area contributed by atoms with Crippen LogP contribution in [-0.2, 0) is 17.4 Å². The van der Waals surface area contributed by atoms with Gasteiger partial charge in [0.1, 0.15) is 11.6 Å². The quantitative estimate of drug-likeness (QED) is 0.616. The van der Waals surface area contributed by atoms with Crippen LogP contribution in [-0.4, -0.2) is 22.2 Å². The fourth-order valence-electron chi connectivity index (χ4n) is 2.81. The molecule has 3 N–H and O–H groups in total. The number of aromatic nitrogens is 2. The molecule has 0 saturated heterocycles. The van der Waals surface area contributed by atoms with E-state index < -0.39 is 11.7 Å². The number of benzene rings is 1. The highest BCUT2D eigenvalue weighted by molar-refractivity contribution is 6.32. The minimum atomic E-state index is -4.55. The van der Waals surface area contributed by atoms with Crippen molar-refractivity contribution in [3.05, 3.63) is 40.0 Å². The van der Waals surface area contributed by atoms with E-state index in [4.69, 9.17) is 17.3 Å². The average Bonchev–Trinajstić information content (AvgIpc) is 2.95. The Hall–Kier alpha value is -2.73. The van der Waals surface area contributed by atoms with Crippen LogP contribution in [0.15, 0.2) is 18.2 Å². The molecule has 1 aromatic heterocycles. The average molecular weight is 428 g/mol. The Balaban J connectivity index is 2.29. The van der Waals surface area contributed by atoms with Crippen molar-refractivity contribution in [3.63, 3.8) is 0 Å². The van der Waals surface area contributed by atoms with Crippen molar-refractivity contribution in [2.24, 2.45) is 0 Å². The first-order chi connectivity index (χ1) is 13.7. The summed E-state index contributed by atoms with van der Waals surface area (Å²) in [6, 6.07) is 4.63. The van der Waals surface area contributed by atoms with E-state index in [0.29, 0.717) is 6.54 Å². The van der Waals surface area contributed by atoms with E-state index in [0.717, 1.165) is 48.6 Å². The number of nitrogen functional groups attached to an aromatic ring is 1. The van der Waals surface area contributed by atoms with Crippen molar-refractivity contribution in [2.45, 2.75) is 45.2 Å². The lowest BCUT2D eigenvalue weighted by Gasteiger charge is -2.12.